The number of fused-ring (bicyclic) bond motifs is 1. The summed E-state index contributed by atoms with van der Waals surface area (Å²) >= 11 is 0. The molecule has 0 spiro atoms. The molecule has 102 valence electrons. The number of allylic oxidation sites excluding steroid dienone is 2. The van der Waals surface area contributed by atoms with Crippen LogP contribution in [0, 0.1) is 0 Å². The van der Waals surface area contributed by atoms with Crippen LogP contribution < -0.4 is 4.74 Å². The first-order chi connectivity index (χ1) is 9.56. The molecule has 0 bridgehead atoms. The van der Waals surface area contributed by atoms with E-state index < -0.39 is 0 Å². The number of ether oxygens (including phenoxy) is 1. The molecule has 1 heterocycles. The molecule has 4 heteroatoms. The Balaban J connectivity index is 2.00. The Morgan fingerprint density at radius 3 is 2.40 bits per heavy atom. The van der Waals surface area contributed by atoms with Gasteiger partial charge in [0.15, 0.2) is 11.5 Å². The molecule has 1 aliphatic rings. The quantitative estimate of drug-likeness (QED) is 0.696. The molecule has 0 saturated carbocycles. The van der Waals surface area contributed by atoms with Gasteiger partial charge in [-0.2, -0.15) is 0 Å². The molecule has 0 aliphatic carbocycles. The SMILES string of the molecule is CC(=C1Cc2ccc(O)c(O)c2O1)c1ccc(O)cc1. The summed E-state index contributed by atoms with van der Waals surface area (Å²) in [4.78, 5) is 0. The molecule has 1 aliphatic heterocycles. The third kappa shape index (κ3) is 1.95. The predicted molar refractivity (Wildman–Crippen MR) is 74.8 cm³/mol. The highest BCUT2D eigenvalue weighted by Gasteiger charge is 2.24. The molecule has 0 unspecified atom stereocenters. The molecule has 0 radical (unpaired) electrons. The third-order valence-corrected chi connectivity index (χ3v) is 3.49. The van der Waals surface area contributed by atoms with E-state index in [1.165, 1.54) is 6.07 Å². The van der Waals surface area contributed by atoms with Crippen LogP contribution in [0.3, 0.4) is 0 Å². The van der Waals surface area contributed by atoms with Gasteiger partial charge < -0.3 is 20.1 Å². The van der Waals surface area contributed by atoms with E-state index in [9.17, 15) is 15.3 Å². The van der Waals surface area contributed by atoms with Crippen molar-refractivity contribution in [2.45, 2.75) is 13.3 Å². The fourth-order valence-electron chi connectivity index (χ4n) is 2.27. The van der Waals surface area contributed by atoms with E-state index in [0.29, 0.717) is 12.2 Å². The monoisotopic (exact) mass is 270 g/mol. The van der Waals surface area contributed by atoms with E-state index in [-0.39, 0.29) is 17.2 Å². The smallest absolute Gasteiger partial charge is 0.201 e. The van der Waals surface area contributed by atoms with E-state index in [4.69, 9.17) is 4.74 Å². The number of hydrogen-bond acceptors (Lipinski definition) is 4. The molecule has 0 aromatic heterocycles. The van der Waals surface area contributed by atoms with Gasteiger partial charge in [0.05, 0.1) is 0 Å². The molecule has 2 aromatic rings. The number of hydrogen-bond donors (Lipinski definition) is 3. The van der Waals surface area contributed by atoms with Crippen LogP contribution in [0.5, 0.6) is 23.0 Å². The molecule has 4 nitrogen and oxygen atoms in total. The van der Waals surface area contributed by atoms with E-state index in [2.05, 4.69) is 0 Å². The lowest BCUT2D eigenvalue weighted by molar-refractivity contribution is 0.367. The number of benzene rings is 2. The van der Waals surface area contributed by atoms with Gasteiger partial charge >= 0.3 is 0 Å². The van der Waals surface area contributed by atoms with Gasteiger partial charge in [0.1, 0.15) is 11.5 Å². The minimum Gasteiger partial charge on any atom is -0.508 e. The largest absolute Gasteiger partial charge is 0.508 e. The van der Waals surface area contributed by atoms with Crippen molar-refractivity contribution in [1.29, 1.82) is 0 Å². The second-order valence-electron chi connectivity index (χ2n) is 4.80. The summed E-state index contributed by atoms with van der Waals surface area (Å²) in [6.07, 6.45) is 0.565. The summed E-state index contributed by atoms with van der Waals surface area (Å²) in [5.74, 6) is 0.845. The van der Waals surface area contributed by atoms with Gasteiger partial charge in [-0.05, 0) is 36.3 Å². The highest BCUT2D eigenvalue weighted by atomic mass is 16.5. The minimum absolute atomic E-state index is 0.188. The molecule has 0 amide bonds. The highest BCUT2D eigenvalue weighted by Crippen LogP contribution is 2.45. The molecular formula is C16H14O4. The second kappa shape index (κ2) is 4.49. The summed E-state index contributed by atoms with van der Waals surface area (Å²) in [5.41, 5.74) is 2.71. The maximum absolute atomic E-state index is 9.79. The van der Waals surface area contributed by atoms with Gasteiger partial charge in [0.2, 0.25) is 5.75 Å². The summed E-state index contributed by atoms with van der Waals surface area (Å²) in [6, 6.07) is 10.0. The summed E-state index contributed by atoms with van der Waals surface area (Å²) in [6.45, 7) is 1.92. The number of phenols is 3. The number of rotatable bonds is 1. The zero-order valence-electron chi connectivity index (χ0n) is 10.9. The van der Waals surface area contributed by atoms with Gasteiger partial charge in [-0.3, -0.25) is 0 Å². The first-order valence-electron chi connectivity index (χ1n) is 6.27. The van der Waals surface area contributed by atoms with Crippen LogP contribution in [0.2, 0.25) is 0 Å². The normalized spacial score (nSPS) is 15.7. The molecule has 0 fully saturated rings. The van der Waals surface area contributed by atoms with Crippen LogP contribution in [0.1, 0.15) is 18.1 Å². The molecule has 0 saturated heterocycles. The Labute approximate surface area is 116 Å². The topological polar surface area (TPSA) is 69.9 Å². The van der Waals surface area contributed by atoms with E-state index >= 15 is 0 Å². The fourth-order valence-corrected chi connectivity index (χ4v) is 2.27. The summed E-state index contributed by atoms with van der Waals surface area (Å²) < 4.78 is 5.67. The van der Waals surface area contributed by atoms with Gasteiger partial charge in [-0.1, -0.05) is 18.2 Å². The van der Waals surface area contributed by atoms with Gasteiger partial charge in [0, 0.05) is 12.0 Å². The van der Waals surface area contributed by atoms with Gasteiger partial charge in [-0.15, -0.1) is 0 Å². The molecular weight excluding hydrogens is 256 g/mol. The molecule has 2 aromatic carbocycles. The summed E-state index contributed by atoms with van der Waals surface area (Å²) in [5, 5.41) is 28.6. The Morgan fingerprint density at radius 1 is 1.00 bits per heavy atom. The van der Waals surface area contributed by atoms with Crippen molar-refractivity contribution in [2.75, 3.05) is 0 Å². The van der Waals surface area contributed by atoms with Crippen LogP contribution >= 0.6 is 0 Å². The van der Waals surface area contributed by atoms with Crippen molar-refractivity contribution in [3.63, 3.8) is 0 Å². The zero-order chi connectivity index (χ0) is 14.3. The third-order valence-electron chi connectivity index (χ3n) is 3.49. The molecule has 3 rings (SSSR count). The van der Waals surface area contributed by atoms with Crippen molar-refractivity contribution in [2.24, 2.45) is 0 Å². The van der Waals surface area contributed by atoms with Crippen LogP contribution in [0.25, 0.3) is 5.57 Å². The minimum atomic E-state index is -0.226. The Bertz CT molecular complexity index is 699. The van der Waals surface area contributed by atoms with E-state index in [0.717, 1.165) is 22.5 Å². The fraction of sp³-hybridized carbons (Fsp3) is 0.125. The lowest BCUT2D eigenvalue weighted by Crippen LogP contribution is -1.93. The maximum Gasteiger partial charge on any atom is 0.201 e. The van der Waals surface area contributed by atoms with Crippen LogP contribution in [-0.2, 0) is 6.42 Å². The van der Waals surface area contributed by atoms with Crippen molar-refractivity contribution in [3.05, 3.63) is 53.3 Å². The Morgan fingerprint density at radius 2 is 1.70 bits per heavy atom. The van der Waals surface area contributed by atoms with Crippen LogP contribution in [0.4, 0.5) is 0 Å². The lowest BCUT2D eigenvalue weighted by Gasteiger charge is -2.07. The predicted octanol–water partition coefficient (Wildman–Crippen LogP) is 3.17. The number of aromatic hydroxyl groups is 3. The van der Waals surface area contributed by atoms with Crippen LogP contribution in [-0.4, -0.2) is 15.3 Å². The van der Waals surface area contributed by atoms with Crippen molar-refractivity contribution in [1.82, 2.24) is 0 Å². The second-order valence-corrected chi connectivity index (χ2v) is 4.80. The van der Waals surface area contributed by atoms with Gasteiger partial charge in [0.25, 0.3) is 0 Å². The van der Waals surface area contributed by atoms with Crippen molar-refractivity contribution >= 4 is 5.57 Å². The first kappa shape index (κ1) is 12.4. The maximum atomic E-state index is 9.79. The highest BCUT2D eigenvalue weighted by molar-refractivity contribution is 5.70. The molecule has 0 atom stereocenters. The first-order valence-corrected chi connectivity index (χ1v) is 6.27. The lowest BCUT2D eigenvalue weighted by atomic mass is 10.0. The average molecular weight is 270 g/mol. The average Bonchev–Trinajstić information content (AvgIpc) is 2.88. The number of phenolic OH excluding ortho intramolecular Hbond substituents is 3. The van der Waals surface area contributed by atoms with E-state index in [1.54, 1.807) is 30.3 Å². The van der Waals surface area contributed by atoms with Crippen molar-refractivity contribution in [3.8, 4) is 23.0 Å². The zero-order valence-corrected chi connectivity index (χ0v) is 10.9. The summed E-state index contributed by atoms with van der Waals surface area (Å²) in [7, 11) is 0. The molecule has 3 N–H and O–H groups in total. The van der Waals surface area contributed by atoms with E-state index in [1.807, 2.05) is 6.92 Å². The molecule has 20 heavy (non-hydrogen) atoms. The Kier molecular flexibility index (Phi) is 2.79. The van der Waals surface area contributed by atoms with Gasteiger partial charge in [-0.25, -0.2) is 0 Å². The van der Waals surface area contributed by atoms with Crippen molar-refractivity contribution < 1.29 is 20.1 Å². The Hall–Kier alpha value is -2.62. The standard InChI is InChI=1S/C16H14O4/c1-9(10-2-5-12(17)6-3-10)14-8-11-4-7-13(18)15(19)16(11)20-14/h2-7,17-19H,8H2,1H3. The van der Waals surface area contributed by atoms with Crippen LogP contribution in [0.15, 0.2) is 42.2 Å².